The lowest BCUT2D eigenvalue weighted by atomic mass is 9.58. The Balaban J connectivity index is 1.50. The van der Waals surface area contributed by atoms with Crippen molar-refractivity contribution in [1.29, 1.82) is 0 Å². The van der Waals surface area contributed by atoms with Crippen LogP contribution in [0.25, 0.3) is 0 Å². The molecule has 2 atom stereocenters. The molecule has 23 heavy (non-hydrogen) atoms. The van der Waals surface area contributed by atoms with Crippen LogP contribution in [0.1, 0.15) is 19.3 Å². The number of hydrogen-bond donors (Lipinski definition) is 2. The fourth-order valence-corrected chi connectivity index (χ4v) is 4.36. The lowest BCUT2D eigenvalue weighted by Gasteiger charge is -2.55. The van der Waals surface area contributed by atoms with Crippen LogP contribution >= 0.6 is 11.8 Å². The molecular weight excluding hydrogens is 314 g/mol. The molecule has 1 saturated heterocycles. The normalized spacial score (nSPS) is 26.0. The third kappa shape index (κ3) is 3.20. The molecule has 0 radical (unpaired) electrons. The van der Waals surface area contributed by atoms with Gasteiger partial charge in [-0.15, -0.1) is 11.8 Å². The minimum Gasteiger partial charge on any atom is -0.497 e. The van der Waals surface area contributed by atoms with E-state index in [1.807, 2.05) is 29.2 Å². The molecule has 2 N–H and O–H groups in total. The molecule has 3 rings (SSSR count). The topological polar surface area (TPSA) is 70.0 Å². The maximum atomic E-state index is 12.4. The van der Waals surface area contributed by atoms with E-state index in [9.17, 15) is 15.0 Å². The average Bonchev–Trinajstić information content (AvgIpc) is 2.60. The highest BCUT2D eigenvalue weighted by Crippen LogP contribution is 2.49. The molecule has 6 heteroatoms. The Labute approximate surface area is 140 Å². The molecule has 1 aromatic carbocycles. The number of nitrogens with zero attached hydrogens (tertiary/aromatic N) is 1. The number of piperidine rings is 1. The fourth-order valence-electron chi connectivity index (χ4n) is 3.51. The van der Waals surface area contributed by atoms with E-state index in [4.69, 9.17) is 4.74 Å². The van der Waals surface area contributed by atoms with Gasteiger partial charge in [-0.25, -0.2) is 0 Å². The monoisotopic (exact) mass is 337 g/mol. The molecule has 0 aromatic heterocycles. The van der Waals surface area contributed by atoms with Crippen molar-refractivity contribution in [3.63, 3.8) is 0 Å². The Bertz CT molecular complexity index is 561. The molecule has 1 saturated carbocycles. The van der Waals surface area contributed by atoms with E-state index in [0.717, 1.165) is 10.6 Å². The summed E-state index contributed by atoms with van der Waals surface area (Å²) in [5, 5.41) is 19.9. The van der Waals surface area contributed by atoms with E-state index >= 15 is 0 Å². The number of thioether (sulfide) groups is 1. The van der Waals surface area contributed by atoms with Crippen LogP contribution in [-0.2, 0) is 4.79 Å². The van der Waals surface area contributed by atoms with Crippen molar-refractivity contribution in [3.8, 4) is 5.75 Å². The van der Waals surface area contributed by atoms with Gasteiger partial charge in [-0.3, -0.25) is 4.79 Å². The van der Waals surface area contributed by atoms with Gasteiger partial charge < -0.3 is 19.8 Å². The Morgan fingerprint density at radius 2 is 2.04 bits per heavy atom. The standard InChI is InChI=1S/C17H23NO4S/c1-22-12-3-2-4-13(9-12)23-11-16(21)18-7-5-17(6-8-18)14(19)10-15(17)20/h2-4,9,14-15,19-20H,5-8,10-11H2,1H3/t14-,15+. The number of benzene rings is 1. The smallest absolute Gasteiger partial charge is 0.232 e. The number of carbonyl (C=O) groups excluding carboxylic acids is 1. The van der Waals surface area contributed by atoms with Crippen molar-refractivity contribution in [2.24, 2.45) is 5.41 Å². The van der Waals surface area contributed by atoms with Crippen LogP contribution in [0.4, 0.5) is 0 Å². The van der Waals surface area contributed by atoms with Gasteiger partial charge in [-0.1, -0.05) is 6.07 Å². The van der Waals surface area contributed by atoms with E-state index in [1.165, 1.54) is 11.8 Å². The number of carbonyl (C=O) groups is 1. The SMILES string of the molecule is COc1cccc(SCC(=O)N2CCC3(CC2)[C@H](O)C[C@@H]3O)c1. The zero-order valence-corrected chi connectivity index (χ0v) is 14.1. The molecule has 0 bridgehead atoms. The van der Waals surface area contributed by atoms with Gasteiger partial charge in [-0.2, -0.15) is 0 Å². The second-order valence-electron chi connectivity index (χ2n) is 6.35. The number of hydrogen-bond acceptors (Lipinski definition) is 5. The highest BCUT2D eigenvalue weighted by atomic mass is 32.2. The first kappa shape index (κ1) is 16.6. The summed E-state index contributed by atoms with van der Waals surface area (Å²) in [5.41, 5.74) is -0.364. The Hall–Kier alpha value is -1.24. The minimum absolute atomic E-state index is 0.107. The van der Waals surface area contributed by atoms with Crippen LogP contribution in [0, 0.1) is 5.41 Å². The molecule has 0 unspecified atom stereocenters. The summed E-state index contributed by atoms with van der Waals surface area (Å²) in [5.74, 6) is 1.29. The predicted molar refractivity (Wildman–Crippen MR) is 88.6 cm³/mol. The van der Waals surface area contributed by atoms with Crippen LogP contribution in [0.15, 0.2) is 29.2 Å². The predicted octanol–water partition coefficient (Wildman–Crippen LogP) is 1.52. The first-order chi connectivity index (χ1) is 11.0. The Morgan fingerprint density at radius 1 is 1.35 bits per heavy atom. The highest BCUT2D eigenvalue weighted by Gasteiger charge is 2.55. The van der Waals surface area contributed by atoms with Gasteiger partial charge >= 0.3 is 0 Å². The number of rotatable bonds is 4. The molecule has 1 amide bonds. The van der Waals surface area contributed by atoms with Gasteiger partial charge in [0.2, 0.25) is 5.91 Å². The maximum Gasteiger partial charge on any atom is 0.232 e. The zero-order valence-electron chi connectivity index (χ0n) is 13.3. The molecule has 1 aromatic rings. The lowest BCUT2D eigenvalue weighted by Crippen LogP contribution is -2.62. The molecule has 5 nitrogen and oxygen atoms in total. The van der Waals surface area contributed by atoms with Crippen LogP contribution < -0.4 is 4.74 Å². The fraction of sp³-hybridized carbons (Fsp3) is 0.588. The van der Waals surface area contributed by atoms with Crippen LogP contribution in [-0.4, -0.2) is 59.2 Å². The van der Waals surface area contributed by atoms with Crippen molar-refractivity contribution in [3.05, 3.63) is 24.3 Å². The number of ether oxygens (including phenoxy) is 1. The van der Waals surface area contributed by atoms with Gasteiger partial charge in [0.05, 0.1) is 25.1 Å². The third-order valence-corrected chi connectivity index (χ3v) is 6.20. The van der Waals surface area contributed by atoms with Crippen LogP contribution in [0.5, 0.6) is 5.75 Å². The summed E-state index contributed by atoms with van der Waals surface area (Å²) in [6.45, 7) is 1.23. The quantitative estimate of drug-likeness (QED) is 0.815. The third-order valence-electron chi connectivity index (χ3n) is 5.22. The molecule has 1 heterocycles. The largest absolute Gasteiger partial charge is 0.497 e. The molecule has 1 spiro atoms. The molecular formula is C17H23NO4S. The summed E-state index contributed by atoms with van der Waals surface area (Å²) in [4.78, 5) is 15.2. The van der Waals surface area contributed by atoms with E-state index in [1.54, 1.807) is 7.11 Å². The van der Waals surface area contributed by atoms with Crippen molar-refractivity contribution < 1.29 is 19.7 Å². The second-order valence-corrected chi connectivity index (χ2v) is 7.40. The summed E-state index contributed by atoms with van der Waals surface area (Å²) in [6, 6.07) is 7.68. The second kappa shape index (κ2) is 6.71. The molecule has 2 aliphatic rings. The van der Waals surface area contributed by atoms with Crippen molar-refractivity contribution >= 4 is 17.7 Å². The van der Waals surface area contributed by atoms with Crippen molar-refractivity contribution in [2.75, 3.05) is 26.0 Å². The molecule has 126 valence electrons. The molecule has 1 aliphatic heterocycles. The van der Waals surface area contributed by atoms with Crippen molar-refractivity contribution in [2.45, 2.75) is 36.4 Å². The Kier molecular flexibility index (Phi) is 4.85. The van der Waals surface area contributed by atoms with Gasteiger partial charge in [0.1, 0.15) is 5.75 Å². The first-order valence-electron chi connectivity index (χ1n) is 7.96. The van der Waals surface area contributed by atoms with Gasteiger partial charge in [0.25, 0.3) is 0 Å². The molecule has 2 fully saturated rings. The van der Waals surface area contributed by atoms with Gasteiger partial charge in [0, 0.05) is 29.8 Å². The van der Waals surface area contributed by atoms with Crippen molar-refractivity contribution in [1.82, 2.24) is 4.90 Å². The lowest BCUT2D eigenvalue weighted by molar-refractivity contribution is -0.191. The summed E-state index contributed by atoms with van der Waals surface area (Å²) < 4.78 is 5.18. The van der Waals surface area contributed by atoms with E-state index < -0.39 is 12.2 Å². The summed E-state index contributed by atoms with van der Waals surface area (Å²) in [7, 11) is 1.63. The van der Waals surface area contributed by atoms with E-state index in [0.29, 0.717) is 38.1 Å². The van der Waals surface area contributed by atoms with Gasteiger partial charge in [-0.05, 0) is 31.0 Å². The van der Waals surface area contributed by atoms with Crippen LogP contribution in [0.2, 0.25) is 0 Å². The number of aliphatic hydroxyl groups is 2. The first-order valence-corrected chi connectivity index (χ1v) is 8.94. The Morgan fingerprint density at radius 3 is 2.65 bits per heavy atom. The summed E-state index contributed by atoms with van der Waals surface area (Å²) >= 11 is 1.50. The number of aliphatic hydroxyl groups excluding tert-OH is 2. The van der Waals surface area contributed by atoms with Crippen LogP contribution in [0.3, 0.4) is 0 Å². The van der Waals surface area contributed by atoms with E-state index in [2.05, 4.69) is 0 Å². The number of likely N-dealkylation sites (tertiary alicyclic amines) is 1. The number of amides is 1. The minimum atomic E-state index is -0.416. The molecule has 1 aliphatic carbocycles. The zero-order chi connectivity index (χ0) is 16.4. The maximum absolute atomic E-state index is 12.4. The van der Waals surface area contributed by atoms with E-state index in [-0.39, 0.29) is 11.3 Å². The average molecular weight is 337 g/mol. The van der Waals surface area contributed by atoms with Gasteiger partial charge in [0.15, 0.2) is 0 Å². The highest BCUT2D eigenvalue weighted by molar-refractivity contribution is 8.00. The summed E-state index contributed by atoms with van der Waals surface area (Å²) in [6.07, 6.45) is 1.01. The number of methoxy groups -OCH3 is 1.